The van der Waals surface area contributed by atoms with Crippen molar-refractivity contribution >= 4 is 57.7 Å². The van der Waals surface area contributed by atoms with Crippen molar-refractivity contribution in [3.63, 3.8) is 0 Å². The summed E-state index contributed by atoms with van der Waals surface area (Å²) in [5.41, 5.74) is 2.47. The number of amides is 1. The van der Waals surface area contributed by atoms with Crippen LogP contribution in [-0.2, 0) is 16.1 Å². The van der Waals surface area contributed by atoms with Crippen LogP contribution in [0, 0.1) is 6.92 Å². The summed E-state index contributed by atoms with van der Waals surface area (Å²) in [5.74, 6) is 0.293. The molecule has 1 aromatic carbocycles. The van der Waals surface area contributed by atoms with Gasteiger partial charge >= 0.3 is 5.97 Å². The molecule has 13 heteroatoms. The molecule has 0 radical (unpaired) electrons. The average molecular weight is 580 g/mol. The topological polar surface area (TPSA) is 117 Å². The molecule has 40 heavy (non-hydrogen) atoms. The largest absolute Gasteiger partial charge is 0.480 e. The molecule has 2 aromatic heterocycles. The second-order valence-corrected chi connectivity index (χ2v) is 11.4. The minimum absolute atomic E-state index is 0.141. The van der Waals surface area contributed by atoms with Crippen LogP contribution in [0.3, 0.4) is 0 Å². The van der Waals surface area contributed by atoms with Crippen LogP contribution in [0.25, 0.3) is 11.7 Å². The number of aryl methyl sites for hydroxylation is 1. The van der Waals surface area contributed by atoms with Crippen molar-refractivity contribution in [1.82, 2.24) is 19.2 Å². The lowest BCUT2D eigenvalue weighted by molar-refractivity contribution is -0.140. The van der Waals surface area contributed by atoms with Crippen LogP contribution in [0.1, 0.15) is 16.7 Å². The number of ether oxygens (including phenoxy) is 2. The van der Waals surface area contributed by atoms with E-state index in [0.29, 0.717) is 24.6 Å². The Labute approximate surface area is 238 Å². The van der Waals surface area contributed by atoms with Crippen molar-refractivity contribution in [2.45, 2.75) is 13.5 Å². The maximum atomic E-state index is 13.7. The highest BCUT2D eigenvalue weighted by Crippen LogP contribution is 2.34. The van der Waals surface area contributed by atoms with Gasteiger partial charge in [0.15, 0.2) is 11.5 Å². The summed E-state index contributed by atoms with van der Waals surface area (Å²) < 4.78 is 12.5. The van der Waals surface area contributed by atoms with Gasteiger partial charge in [-0.05, 0) is 42.3 Å². The molecule has 206 valence electrons. The number of thiocarbonyl (C=S) groups is 1. The minimum atomic E-state index is -1.17. The zero-order valence-electron chi connectivity index (χ0n) is 21.5. The molecule has 1 N–H and O–H groups in total. The standard InChI is InChI=1S/C27H25N5O6S2/c1-16-2-5-22-28-24(30-8-6-29(7-9-30)13-17-3-4-19-20(10-17)38-15-37-19)18(25(35)31(22)12-16)11-21-26(36)32(14-23(33)34)27(39)40-21/h2-5,10-12H,6-9,13-15H2,1H3,(H,33,34)/b21-11+. The maximum absolute atomic E-state index is 13.7. The molecule has 1 amide bonds. The molecule has 0 unspecified atom stereocenters. The minimum Gasteiger partial charge on any atom is -0.480 e. The Hall–Kier alpha value is -3.94. The summed E-state index contributed by atoms with van der Waals surface area (Å²) in [4.78, 5) is 48.4. The third-order valence-corrected chi connectivity index (χ3v) is 8.32. The SMILES string of the molecule is Cc1ccc2nc(N3CCN(Cc4ccc5c(c4)OCO5)CC3)c(/C=C3/SC(=S)N(CC(=O)O)C3=O)c(=O)n2c1. The first kappa shape index (κ1) is 26.3. The molecule has 3 aromatic rings. The second-order valence-electron chi connectivity index (χ2n) is 9.70. The van der Waals surface area contributed by atoms with Gasteiger partial charge in [-0.25, -0.2) is 4.98 Å². The molecule has 5 heterocycles. The summed E-state index contributed by atoms with van der Waals surface area (Å²) in [6.45, 7) is 5.06. The number of hydrogen-bond donors (Lipinski definition) is 1. The number of rotatable bonds is 6. The molecule has 0 atom stereocenters. The highest BCUT2D eigenvalue weighted by molar-refractivity contribution is 8.26. The van der Waals surface area contributed by atoms with Gasteiger partial charge in [-0.15, -0.1) is 0 Å². The molecule has 0 saturated carbocycles. The Morgan fingerprint density at radius 1 is 1.12 bits per heavy atom. The van der Waals surface area contributed by atoms with Crippen LogP contribution in [-0.4, -0.2) is 80.0 Å². The predicted molar refractivity (Wildman–Crippen MR) is 154 cm³/mol. The van der Waals surface area contributed by atoms with E-state index in [4.69, 9.17) is 26.7 Å². The maximum Gasteiger partial charge on any atom is 0.323 e. The number of aliphatic carboxylic acids is 1. The monoisotopic (exact) mass is 579 g/mol. The highest BCUT2D eigenvalue weighted by Gasteiger charge is 2.34. The normalized spacial score (nSPS) is 18.4. The number of pyridine rings is 1. The molecule has 0 spiro atoms. The van der Waals surface area contributed by atoms with Crippen molar-refractivity contribution in [1.29, 1.82) is 0 Å². The highest BCUT2D eigenvalue weighted by atomic mass is 32.2. The fraction of sp³-hybridized carbons (Fsp3) is 0.296. The van der Waals surface area contributed by atoms with Gasteiger partial charge < -0.3 is 19.5 Å². The zero-order valence-corrected chi connectivity index (χ0v) is 23.2. The molecule has 3 aliphatic rings. The fourth-order valence-corrected chi connectivity index (χ4v) is 6.17. The first-order valence-corrected chi connectivity index (χ1v) is 13.9. The molecular weight excluding hydrogens is 554 g/mol. The summed E-state index contributed by atoms with van der Waals surface area (Å²) in [5, 5.41) is 9.18. The Kier molecular flexibility index (Phi) is 6.94. The van der Waals surface area contributed by atoms with E-state index < -0.39 is 18.4 Å². The lowest BCUT2D eigenvalue weighted by Crippen LogP contribution is -2.47. The first-order chi connectivity index (χ1) is 19.3. The number of carboxylic acid groups (broad SMARTS) is 1. The molecule has 3 aliphatic heterocycles. The van der Waals surface area contributed by atoms with E-state index >= 15 is 0 Å². The molecular formula is C27H25N5O6S2. The number of benzene rings is 1. The van der Waals surface area contributed by atoms with Crippen molar-refractivity contribution < 1.29 is 24.2 Å². The number of nitrogens with zero attached hydrogens (tertiary/aromatic N) is 5. The Balaban J connectivity index is 1.29. The van der Waals surface area contributed by atoms with Gasteiger partial charge in [-0.1, -0.05) is 36.1 Å². The van der Waals surface area contributed by atoms with Crippen molar-refractivity contribution in [2.24, 2.45) is 0 Å². The van der Waals surface area contributed by atoms with Crippen LogP contribution in [0.15, 0.2) is 46.2 Å². The van der Waals surface area contributed by atoms with E-state index in [9.17, 15) is 19.5 Å². The second kappa shape index (κ2) is 10.6. The fourth-order valence-electron chi connectivity index (χ4n) is 4.93. The number of carbonyl (C=O) groups excluding carboxylic acids is 1. The lowest BCUT2D eigenvalue weighted by Gasteiger charge is -2.36. The number of carboxylic acids is 1. The third-order valence-electron chi connectivity index (χ3n) is 6.94. The molecule has 2 saturated heterocycles. The van der Waals surface area contributed by atoms with E-state index in [0.717, 1.165) is 58.9 Å². The van der Waals surface area contributed by atoms with Crippen molar-refractivity contribution in [3.8, 4) is 11.5 Å². The Morgan fingerprint density at radius 3 is 2.67 bits per heavy atom. The van der Waals surface area contributed by atoms with Crippen molar-refractivity contribution in [3.05, 3.63) is 68.5 Å². The molecule has 0 bridgehead atoms. The van der Waals surface area contributed by atoms with Gasteiger partial charge in [0.1, 0.15) is 22.3 Å². The van der Waals surface area contributed by atoms with Crippen LogP contribution >= 0.6 is 24.0 Å². The van der Waals surface area contributed by atoms with E-state index in [1.54, 1.807) is 12.3 Å². The summed E-state index contributed by atoms with van der Waals surface area (Å²) in [6.07, 6.45) is 3.21. The number of anilines is 1. The molecule has 0 aliphatic carbocycles. The zero-order chi connectivity index (χ0) is 28.0. The van der Waals surface area contributed by atoms with Gasteiger partial charge in [-0.2, -0.15) is 0 Å². The van der Waals surface area contributed by atoms with Gasteiger partial charge in [0.2, 0.25) is 6.79 Å². The summed E-state index contributed by atoms with van der Waals surface area (Å²) >= 11 is 6.23. The van der Waals surface area contributed by atoms with Gasteiger partial charge in [0, 0.05) is 38.9 Å². The number of piperazine rings is 1. The average Bonchev–Trinajstić information content (AvgIpc) is 3.50. The quantitative estimate of drug-likeness (QED) is 0.343. The Bertz CT molecular complexity index is 1650. The number of carbonyl (C=O) groups is 2. The van der Waals surface area contributed by atoms with Gasteiger partial charge in [0.25, 0.3) is 11.5 Å². The van der Waals surface area contributed by atoms with E-state index in [2.05, 4.69) is 9.80 Å². The first-order valence-electron chi connectivity index (χ1n) is 12.6. The van der Waals surface area contributed by atoms with Crippen LogP contribution in [0.2, 0.25) is 0 Å². The predicted octanol–water partition coefficient (Wildman–Crippen LogP) is 2.34. The molecule has 11 nitrogen and oxygen atoms in total. The number of hydrogen-bond acceptors (Lipinski definition) is 10. The number of aromatic nitrogens is 2. The van der Waals surface area contributed by atoms with Gasteiger partial charge in [-0.3, -0.25) is 28.6 Å². The van der Waals surface area contributed by atoms with Crippen molar-refractivity contribution in [2.75, 3.05) is 44.4 Å². The molecule has 6 rings (SSSR count). The number of fused-ring (bicyclic) bond motifs is 2. The van der Waals surface area contributed by atoms with Gasteiger partial charge in [0.05, 0.1) is 10.5 Å². The van der Waals surface area contributed by atoms with Crippen LogP contribution in [0.4, 0.5) is 5.82 Å². The smallest absolute Gasteiger partial charge is 0.323 e. The number of thioether (sulfide) groups is 1. The summed E-state index contributed by atoms with van der Waals surface area (Å²) in [7, 11) is 0. The lowest BCUT2D eigenvalue weighted by atomic mass is 10.1. The van der Waals surface area contributed by atoms with E-state index in [-0.39, 0.29) is 27.1 Å². The summed E-state index contributed by atoms with van der Waals surface area (Å²) in [6, 6.07) is 9.65. The van der Waals surface area contributed by atoms with Crippen LogP contribution < -0.4 is 19.9 Å². The Morgan fingerprint density at radius 2 is 1.90 bits per heavy atom. The van der Waals surface area contributed by atoms with E-state index in [1.165, 1.54) is 10.5 Å². The third kappa shape index (κ3) is 5.03. The molecule has 2 fully saturated rings. The van der Waals surface area contributed by atoms with Crippen LogP contribution in [0.5, 0.6) is 11.5 Å². The van der Waals surface area contributed by atoms with E-state index in [1.807, 2.05) is 31.2 Å².